The predicted octanol–water partition coefficient (Wildman–Crippen LogP) is 2.73. The van der Waals surface area contributed by atoms with Crippen LogP contribution in [0.2, 0.25) is 0 Å². The van der Waals surface area contributed by atoms with Crippen LogP contribution in [0.4, 0.5) is 5.82 Å². The van der Waals surface area contributed by atoms with Crippen LogP contribution in [0.5, 0.6) is 0 Å². The standard InChI is InChI=1S/C21H23N5O4S/c1-13-6-8-14(9-7-13)18-20(25-30-24-18)22-21(27)19-16-4-2-3-5-17(16)26(23-19)15-10-11-31(28,29)12-15/h6-9,15H,2-5,10-12H2,1H3,(H,22,25,27)/t15-/m1/s1. The molecule has 0 radical (unpaired) electrons. The number of hydrogen-bond acceptors (Lipinski definition) is 7. The zero-order valence-electron chi connectivity index (χ0n) is 17.2. The number of fused-ring (bicyclic) bond motifs is 1. The normalized spacial score (nSPS) is 19.8. The molecule has 1 N–H and O–H groups in total. The summed E-state index contributed by atoms with van der Waals surface area (Å²) in [6, 6.07) is 7.46. The minimum absolute atomic E-state index is 0.0763. The van der Waals surface area contributed by atoms with Gasteiger partial charge < -0.3 is 5.32 Å². The Morgan fingerprint density at radius 1 is 1.16 bits per heavy atom. The summed E-state index contributed by atoms with van der Waals surface area (Å²) in [4.78, 5) is 13.2. The summed E-state index contributed by atoms with van der Waals surface area (Å²) >= 11 is 0. The number of aromatic nitrogens is 4. The van der Waals surface area contributed by atoms with E-state index in [9.17, 15) is 13.2 Å². The molecule has 0 saturated carbocycles. The largest absolute Gasteiger partial charge is 0.300 e. The molecule has 162 valence electrons. The highest BCUT2D eigenvalue weighted by molar-refractivity contribution is 7.91. The van der Waals surface area contributed by atoms with Gasteiger partial charge in [-0.2, -0.15) is 5.10 Å². The maximum atomic E-state index is 13.2. The fourth-order valence-electron chi connectivity index (χ4n) is 4.42. The number of amides is 1. The summed E-state index contributed by atoms with van der Waals surface area (Å²) in [7, 11) is -3.05. The number of aryl methyl sites for hydroxylation is 1. The summed E-state index contributed by atoms with van der Waals surface area (Å²) < 4.78 is 30.6. The zero-order chi connectivity index (χ0) is 21.6. The quantitative estimate of drug-likeness (QED) is 0.661. The number of sulfone groups is 1. The van der Waals surface area contributed by atoms with Crippen LogP contribution in [0.15, 0.2) is 28.9 Å². The molecule has 3 aromatic rings. The number of benzene rings is 1. The Labute approximate surface area is 179 Å². The number of nitrogens with zero attached hydrogens (tertiary/aromatic N) is 4. The molecule has 1 amide bonds. The lowest BCUT2D eigenvalue weighted by Gasteiger charge is -2.17. The van der Waals surface area contributed by atoms with E-state index in [-0.39, 0.29) is 29.3 Å². The molecule has 31 heavy (non-hydrogen) atoms. The van der Waals surface area contributed by atoms with Gasteiger partial charge in [-0.1, -0.05) is 29.8 Å². The first-order chi connectivity index (χ1) is 14.9. The number of anilines is 1. The third-order valence-electron chi connectivity index (χ3n) is 6.02. The lowest BCUT2D eigenvalue weighted by Crippen LogP contribution is -2.17. The highest BCUT2D eigenvalue weighted by Gasteiger charge is 2.34. The van der Waals surface area contributed by atoms with Crippen molar-refractivity contribution in [2.24, 2.45) is 0 Å². The molecule has 5 rings (SSSR count). The van der Waals surface area contributed by atoms with Crippen molar-refractivity contribution < 1.29 is 17.8 Å². The molecule has 0 unspecified atom stereocenters. The van der Waals surface area contributed by atoms with Crippen LogP contribution in [0, 0.1) is 6.92 Å². The molecule has 1 atom stereocenters. The Bertz CT molecular complexity index is 1240. The molecule has 1 saturated heterocycles. The molecule has 2 aliphatic rings. The maximum absolute atomic E-state index is 13.2. The van der Waals surface area contributed by atoms with E-state index in [1.54, 1.807) is 4.68 Å². The van der Waals surface area contributed by atoms with E-state index in [1.807, 2.05) is 31.2 Å². The first-order valence-electron chi connectivity index (χ1n) is 10.4. The number of rotatable bonds is 4. The molecule has 2 aromatic heterocycles. The van der Waals surface area contributed by atoms with Crippen molar-refractivity contribution in [1.82, 2.24) is 20.1 Å². The molecule has 1 aliphatic carbocycles. The second-order valence-corrected chi connectivity index (χ2v) is 10.5. The monoisotopic (exact) mass is 441 g/mol. The Kier molecular flexibility index (Phi) is 4.88. The highest BCUT2D eigenvalue weighted by atomic mass is 32.2. The van der Waals surface area contributed by atoms with Gasteiger partial charge in [0, 0.05) is 16.8 Å². The van der Waals surface area contributed by atoms with Crippen LogP contribution < -0.4 is 5.32 Å². The van der Waals surface area contributed by atoms with Crippen molar-refractivity contribution in [3.8, 4) is 11.3 Å². The number of carbonyl (C=O) groups is 1. The van der Waals surface area contributed by atoms with Gasteiger partial charge in [0.2, 0.25) is 5.82 Å². The summed E-state index contributed by atoms with van der Waals surface area (Å²) in [6.07, 6.45) is 4.06. The minimum Gasteiger partial charge on any atom is -0.300 e. The van der Waals surface area contributed by atoms with E-state index < -0.39 is 9.84 Å². The van der Waals surface area contributed by atoms with E-state index in [2.05, 4.69) is 20.7 Å². The van der Waals surface area contributed by atoms with Crippen molar-refractivity contribution in [1.29, 1.82) is 0 Å². The second-order valence-electron chi connectivity index (χ2n) is 8.26. The number of carbonyl (C=O) groups excluding carboxylic acids is 1. The molecular weight excluding hydrogens is 418 g/mol. The van der Waals surface area contributed by atoms with Gasteiger partial charge in [0.05, 0.1) is 17.5 Å². The lowest BCUT2D eigenvalue weighted by atomic mass is 9.95. The summed E-state index contributed by atoms with van der Waals surface area (Å²) in [5.74, 6) is 0.0870. The van der Waals surface area contributed by atoms with Gasteiger partial charge in [-0.15, -0.1) is 0 Å². The molecule has 0 bridgehead atoms. The molecule has 1 aliphatic heterocycles. The average Bonchev–Trinajstić information content (AvgIpc) is 3.45. The van der Waals surface area contributed by atoms with Crippen LogP contribution in [0.3, 0.4) is 0 Å². The Morgan fingerprint density at radius 3 is 2.68 bits per heavy atom. The van der Waals surface area contributed by atoms with Gasteiger partial charge in [0.1, 0.15) is 0 Å². The van der Waals surface area contributed by atoms with Gasteiger partial charge in [-0.3, -0.25) is 9.48 Å². The van der Waals surface area contributed by atoms with E-state index in [0.29, 0.717) is 17.8 Å². The van der Waals surface area contributed by atoms with Crippen LogP contribution in [-0.2, 0) is 22.7 Å². The summed E-state index contributed by atoms with van der Waals surface area (Å²) in [5.41, 5.74) is 4.56. The summed E-state index contributed by atoms with van der Waals surface area (Å²) in [5, 5.41) is 15.2. The van der Waals surface area contributed by atoms with Gasteiger partial charge in [-0.25, -0.2) is 13.0 Å². The van der Waals surface area contributed by atoms with Gasteiger partial charge >= 0.3 is 0 Å². The number of nitrogens with one attached hydrogen (secondary N) is 1. The minimum atomic E-state index is -3.05. The molecule has 10 heteroatoms. The fraction of sp³-hybridized carbons (Fsp3) is 0.429. The molecule has 1 aromatic carbocycles. The molecule has 0 spiro atoms. The smallest absolute Gasteiger partial charge is 0.277 e. The Hall–Kier alpha value is -3.01. The van der Waals surface area contributed by atoms with E-state index in [1.165, 1.54) is 0 Å². The van der Waals surface area contributed by atoms with E-state index in [4.69, 9.17) is 4.63 Å². The Morgan fingerprint density at radius 2 is 1.94 bits per heavy atom. The maximum Gasteiger partial charge on any atom is 0.277 e. The van der Waals surface area contributed by atoms with Crippen molar-refractivity contribution in [3.05, 3.63) is 46.8 Å². The second kappa shape index (κ2) is 7.60. The third kappa shape index (κ3) is 3.76. The molecular formula is C21H23N5O4S. The van der Waals surface area contributed by atoms with Crippen molar-refractivity contribution in [3.63, 3.8) is 0 Å². The first-order valence-corrected chi connectivity index (χ1v) is 12.2. The average molecular weight is 442 g/mol. The predicted molar refractivity (Wildman–Crippen MR) is 114 cm³/mol. The third-order valence-corrected chi connectivity index (χ3v) is 7.77. The highest BCUT2D eigenvalue weighted by Crippen LogP contribution is 2.32. The van der Waals surface area contributed by atoms with Crippen LogP contribution in [0.25, 0.3) is 11.3 Å². The first kappa shape index (κ1) is 19.9. The van der Waals surface area contributed by atoms with Gasteiger partial charge in [-0.05, 0) is 49.3 Å². The topological polar surface area (TPSA) is 120 Å². The van der Waals surface area contributed by atoms with Crippen LogP contribution in [-0.4, -0.2) is 45.9 Å². The van der Waals surface area contributed by atoms with Crippen LogP contribution >= 0.6 is 0 Å². The fourth-order valence-corrected chi connectivity index (χ4v) is 6.11. The molecule has 9 nitrogen and oxygen atoms in total. The van der Waals surface area contributed by atoms with Gasteiger partial charge in [0.25, 0.3) is 5.91 Å². The Balaban J connectivity index is 1.46. The lowest BCUT2D eigenvalue weighted by molar-refractivity contribution is 0.101. The SMILES string of the molecule is Cc1ccc(-c2nonc2NC(=O)c2nn([C@@H]3CCS(=O)(=O)C3)c3c2CCCC3)cc1. The van der Waals surface area contributed by atoms with Crippen LogP contribution in [0.1, 0.15) is 52.6 Å². The van der Waals surface area contributed by atoms with Gasteiger partial charge in [0.15, 0.2) is 21.2 Å². The number of hydrogen-bond donors (Lipinski definition) is 1. The zero-order valence-corrected chi connectivity index (χ0v) is 18.0. The van der Waals surface area contributed by atoms with E-state index >= 15 is 0 Å². The van der Waals surface area contributed by atoms with Crippen molar-refractivity contribution in [2.75, 3.05) is 16.8 Å². The van der Waals surface area contributed by atoms with Crippen molar-refractivity contribution in [2.45, 2.75) is 45.1 Å². The van der Waals surface area contributed by atoms with E-state index in [0.717, 1.165) is 48.1 Å². The summed E-state index contributed by atoms with van der Waals surface area (Å²) in [6.45, 7) is 1.99. The molecule has 3 heterocycles. The van der Waals surface area contributed by atoms with Crippen molar-refractivity contribution >= 4 is 21.6 Å². The molecule has 1 fully saturated rings.